The maximum atomic E-state index is 13.1. The first kappa shape index (κ1) is 9.45. The SMILES string of the molecule is CC1(F)C=C[C](S(C)(=O)=O)C=C1. The summed E-state index contributed by atoms with van der Waals surface area (Å²) in [6.45, 7) is 1.36. The third-order valence-electron chi connectivity index (χ3n) is 1.58. The fraction of sp³-hybridized carbons (Fsp3) is 0.375. The quantitative estimate of drug-likeness (QED) is 0.625. The molecule has 0 aromatic carbocycles. The van der Waals surface area contributed by atoms with Crippen molar-refractivity contribution in [2.75, 3.05) is 6.26 Å². The summed E-state index contributed by atoms with van der Waals surface area (Å²) in [4.78, 5) is 0. The van der Waals surface area contributed by atoms with E-state index in [-0.39, 0.29) is 5.25 Å². The van der Waals surface area contributed by atoms with Crippen molar-refractivity contribution < 1.29 is 12.8 Å². The molecule has 0 unspecified atom stereocenters. The lowest BCUT2D eigenvalue weighted by Crippen LogP contribution is -2.17. The molecule has 0 bridgehead atoms. The molecule has 0 aromatic heterocycles. The highest BCUT2D eigenvalue weighted by molar-refractivity contribution is 7.93. The van der Waals surface area contributed by atoms with Gasteiger partial charge in [-0.1, -0.05) is 12.2 Å². The maximum Gasteiger partial charge on any atom is 0.162 e. The van der Waals surface area contributed by atoms with E-state index in [1.54, 1.807) is 0 Å². The summed E-state index contributed by atoms with van der Waals surface area (Å²) >= 11 is 0. The predicted molar refractivity (Wildman–Crippen MR) is 45.9 cm³/mol. The van der Waals surface area contributed by atoms with Crippen molar-refractivity contribution in [2.45, 2.75) is 12.6 Å². The van der Waals surface area contributed by atoms with Gasteiger partial charge < -0.3 is 0 Å². The van der Waals surface area contributed by atoms with Crippen LogP contribution in [0, 0.1) is 5.25 Å². The Morgan fingerprint density at radius 2 is 1.75 bits per heavy atom. The van der Waals surface area contributed by atoms with Gasteiger partial charge in [-0.05, 0) is 19.1 Å². The lowest BCUT2D eigenvalue weighted by molar-refractivity contribution is 0.326. The van der Waals surface area contributed by atoms with Gasteiger partial charge in [0.25, 0.3) is 0 Å². The summed E-state index contributed by atoms with van der Waals surface area (Å²) in [5.41, 5.74) is -1.52. The second-order valence-corrected chi connectivity index (χ2v) is 5.01. The van der Waals surface area contributed by atoms with Gasteiger partial charge in [0, 0.05) is 6.26 Å². The van der Waals surface area contributed by atoms with Crippen LogP contribution in [0.5, 0.6) is 0 Å². The standard InChI is InChI=1S/C8H10FO2S/c1-8(9)5-3-7(4-6-8)12(2,10)11/h3-6H,1-2H3. The summed E-state index contributed by atoms with van der Waals surface area (Å²) in [7, 11) is -3.20. The van der Waals surface area contributed by atoms with E-state index in [0.717, 1.165) is 6.26 Å². The van der Waals surface area contributed by atoms with E-state index in [4.69, 9.17) is 0 Å². The number of alkyl halides is 1. The second kappa shape index (κ2) is 2.69. The molecule has 0 saturated heterocycles. The van der Waals surface area contributed by atoms with Crippen molar-refractivity contribution in [3.05, 3.63) is 29.6 Å². The molecule has 0 aromatic rings. The topological polar surface area (TPSA) is 34.1 Å². The van der Waals surface area contributed by atoms with Gasteiger partial charge >= 0.3 is 0 Å². The summed E-state index contributed by atoms with van der Waals surface area (Å²) in [6, 6.07) is 0. The highest BCUT2D eigenvalue weighted by Gasteiger charge is 2.24. The summed E-state index contributed by atoms with van der Waals surface area (Å²) in [5.74, 6) is 0. The molecule has 1 radical (unpaired) electrons. The third kappa shape index (κ3) is 2.17. The molecule has 0 fully saturated rings. The number of rotatable bonds is 1. The van der Waals surface area contributed by atoms with Crippen LogP contribution < -0.4 is 0 Å². The molecule has 0 saturated carbocycles. The van der Waals surface area contributed by atoms with Gasteiger partial charge in [0.2, 0.25) is 0 Å². The van der Waals surface area contributed by atoms with Gasteiger partial charge in [0.1, 0.15) is 10.9 Å². The summed E-state index contributed by atoms with van der Waals surface area (Å²) in [5, 5.41) is 0.151. The molecule has 2 nitrogen and oxygen atoms in total. The van der Waals surface area contributed by atoms with Crippen molar-refractivity contribution in [3.8, 4) is 0 Å². The fourth-order valence-electron chi connectivity index (χ4n) is 0.848. The molecule has 0 aliphatic heterocycles. The minimum atomic E-state index is -3.20. The summed E-state index contributed by atoms with van der Waals surface area (Å²) < 4.78 is 34.9. The van der Waals surface area contributed by atoms with Crippen molar-refractivity contribution in [3.63, 3.8) is 0 Å². The zero-order valence-corrected chi connectivity index (χ0v) is 7.73. The molecule has 0 atom stereocenters. The van der Waals surface area contributed by atoms with Crippen molar-refractivity contribution in [1.82, 2.24) is 0 Å². The molecule has 1 aliphatic carbocycles. The lowest BCUT2D eigenvalue weighted by atomic mass is 10.0. The fourth-order valence-corrected chi connectivity index (χ4v) is 1.48. The van der Waals surface area contributed by atoms with Gasteiger partial charge in [0.15, 0.2) is 9.84 Å². The van der Waals surface area contributed by atoms with E-state index in [0.29, 0.717) is 0 Å². The van der Waals surface area contributed by atoms with E-state index in [9.17, 15) is 12.8 Å². The van der Waals surface area contributed by atoms with E-state index in [1.807, 2.05) is 0 Å². The van der Waals surface area contributed by atoms with Crippen molar-refractivity contribution in [1.29, 1.82) is 0 Å². The Hall–Kier alpha value is -0.640. The van der Waals surface area contributed by atoms with Crippen LogP contribution in [-0.2, 0) is 9.84 Å². The lowest BCUT2D eigenvalue weighted by Gasteiger charge is -2.16. The van der Waals surface area contributed by atoms with Gasteiger partial charge in [-0.25, -0.2) is 12.8 Å². The van der Waals surface area contributed by atoms with Gasteiger partial charge in [-0.2, -0.15) is 0 Å². The highest BCUT2D eigenvalue weighted by Crippen LogP contribution is 2.25. The maximum absolute atomic E-state index is 13.1. The van der Waals surface area contributed by atoms with Crippen LogP contribution in [0.1, 0.15) is 6.92 Å². The first-order valence-corrected chi connectivity index (χ1v) is 5.35. The zero-order chi connectivity index (χ0) is 9.41. The first-order valence-electron chi connectivity index (χ1n) is 3.46. The van der Waals surface area contributed by atoms with Crippen LogP contribution in [0.25, 0.3) is 0 Å². The van der Waals surface area contributed by atoms with E-state index in [1.165, 1.54) is 31.2 Å². The van der Waals surface area contributed by atoms with Crippen LogP contribution in [0.2, 0.25) is 0 Å². The Bertz CT molecular complexity index is 309. The average Bonchev–Trinajstić information content (AvgIpc) is 1.83. The number of sulfone groups is 1. The Morgan fingerprint density at radius 3 is 2.08 bits per heavy atom. The van der Waals surface area contributed by atoms with Crippen LogP contribution in [-0.4, -0.2) is 20.3 Å². The summed E-state index contributed by atoms with van der Waals surface area (Å²) in [6.07, 6.45) is 6.12. The smallest absolute Gasteiger partial charge is 0.162 e. The number of hydrogen-bond donors (Lipinski definition) is 0. The van der Waals surface area contributed by atoms with Crippen LogP contribution in [0.4, 0.5) is 4.39 Å². The monoisotopic (exact) mass is 189 g/mol. The third-order valence-corrected chi connectivity index (χ3v) is 2.70. The van der Waals surface area contributed by atoms with Gasteiger partial charge in [-0.15, -0.1) is 0 Å². The molecule has 12 heavy (non-hydrogen) atoms. The molecule has 67 valence electrons. The van der Waals surface area contributed by atoms with Crippen LogP contribution >= 0.6 is 0 Å². The normalized spacial score (nSPS) is 22.9. The molecule has 1 rings (SSSR count). The van der Waals surface area contributed by atoms with Crippen molar-refractivity contribution in [2.24, 2.45) is 0 Å². The first-order chi connectivity index (χ1) is 5.31. The number of allylic oxidation sites excluding steroid dienone is 2. The largest absolute Gasteiger partial charge is 0.235 e. The second-order valence-electron chi connectivity index (χ2n) is 2.99. The molecule has 1 aliphatic rings. The molecule has 0 spiro atoms. The van der Waals surface area contributed by atoms with Crippen molar-refractivity contribution >= 4 is 9.84 Å². The molecule has 0 heterocycles. The molecular formula is C8H10FO2S. The Balaban J connectivity index is 2.89. The van der Waals surface area contributed by atoms with E-state index < -0.39 is 15.5 Å². The van der Waals surface area contributed by atoms with E-state index >= 15 is 0 Å². The van der Waals surface area contributed by atoms with Crippen LogP contribution in [0.3, 0.4) is 0 Å². The number of hydrogen-bond acceptors (Lipinski definition) is 2. The Kier molecular flexibility index (Phi) is 2.12. The average molecular weight is 189 g/mol. The number of halogens is 1. The minimum Gasteiger partial charge on any atom is -0.235 e. The molecule has 4 heteroatoms. The Labute approximate surface area is 71.7 Å². The zero-order valence-electron chi connectivity index (χ0n) is 6.91. The Morgan fingerprint density at radius 1 is 1.33 bits per heavy atom. The van der Waals surface area contributed by atoms with E-state index in [2.05, 4.69) is 0 Å². The van der Waals surface area contributed by atoms with Gasteiger partial charge in [0.05, 0.1) is 0 Å². The van der Waals surface area contributed by atoms with Crippen LogP contribution in [0.15, 0.2) is 24.3 Å². The van der Waals surface area contributed by atoms with Gasteiger partial charge in [-0.3, -0.25) is 0 Å². The molecule has 0 amide bonds. The molecular weight excluding hydrogens is 179 g/mol. The molecule has 0 N–H and O–H groups in total. The minimum absolute atomic E-state index is 0.151. The predicted octanol–water partition coefficient (Wildman–Crippen LogP) is 1.42. The highest BCUT2D eigenvalue weighted by atomic mass is 32.2.